The van der Waals surface area contributed by atoms with Gasteiger partial charge in [-0.3, -0.25) is 5.32 Å². The molecule has 104 valence electrons. The summed E-state index contributed by atoms with van der Waals surface area (Å²) in [6.07, 6.45) is 1.73. The summed E-state index contributed by atoms with van der Waals surface area (Å²) >= 11 is 0. The van der Waals surface area contributed by atoms with Gasteiger partial charge in [0.2, 0.25) is 0 Å². The highest BCUT2D eigenvalue weighted by Gasteiger charge is 2.27. The largest absolute Gasteiger partial charge is 0.320 e. The van der Waals surface area contributed by atoms with Crippen molar-refractivity contribution < 1.29 is 0 Å². The predicted molar refractivity (Wildman–Crippen MR) is 81.6 cm³/mol. The van der Waals surface area contributed by atoms with Crippen molar-refractivity contribution in [2.24, 2.45) is 7.05 Å². The van der Waals surface area contributed by atoms with Gasteiger partial charge in [0.1, 0.15) is 12.2 Å². The van der Waals surface area contributed by atoms with Crippen LogP contribution in [-0.2, 0) is 13.6 Å². The molecule has 0 fully saturated rings. The summed E-state index contributed by atoms with van der Waals surface area (Å²) in [5.41, 5.74) is 5.31. The zero-order valence-electron chi connectivity index (χ0n) is 11.8. The number of benzene rings is 2. The third-order valence-electron chi connectivity index (χ3n) is 4.10. The molecular weight excluding hydrogens is 260 g/mol. The first-order valence-corrected chi connectivity index (χ1v) is 7.09. The van der Waals surface area contributed by atoms with Gasteiger partial charge in [-0.05, 0) is 22.3 Å². The summed E-state index contributed by atoms with van der Waals surface area (Å²) in [5, 5.41) is 11.7. The minimum atomic E-state index is 0.217. The summed E-state index contributed by atoms with van der Waals surface area (Å²) in [4.78, 5) is 0. The summed E-state index contributed by atoms with van der Waals surface area (Å²) in [6.45, 7) is 0.698. The molecule has 0 spiro atoms. The molecule has 0 unspecified atom stereocenters. The molecule has 21 heavy (non-hydrogen) atoms. The highest BCUT2D eigenvalue weighted by Crippen LogP contribution is 2.42. The molecule has 1 aromatic heterocycles. The van der Waals surface area contributed by atoms with E-state index in [9.17, 15) is 0 Å². The number of fused-ring (bicyclic) bond motifs is 3. The van der Waals surface area contributed by atoms with Crippen LogP contribution in [0.4, 0.5) is 0 Å². The Hall–Kier alpha value is -2.46. The Bertz CT molecular complexity index is 745. The molecule has 1 aliphatic rings. The number of aromatic nitrogens is 3. The molecule has 1 aliphatic carbocycles. The van der Waals surface area contributed by atoms with Gasteiger partial charge in [0.25, 0.3) is 0 Å². The van der Waals surface area contributed by atoms with E-state index in [1.807, 2.05) is 11.6 Å². The summed E-state index contributed by atoms with van der Waals surface area (Å²) < 4.78 is 1.94. The Morgan fingerprint density at radius 1 is 1.00 bits per heavy atom. The van der Waals surface area contributed by atoms with Gasteiger partial charge in [0, 0.05) is 7.05 Å². The van der Waals surface area contributed by atoms with Gasteiger partial charge in [-0.1, -0.05) is 48.5 Å². The molecule has 4 nitrogen and oxygen atoms in total. The summed E-state index contributed by atoms with van der Waals surface area (Å²) in [6, 6.07) is 17.4. The smallest absolute Gasteiger partial charge is 0.146 e. The molecule has 0 atom stereocenters. The van der Waals surface area contributed by atoms with Gasteiger partial charge >= 0.3 is 0 Å². The van der Waals surface area contributed by atoms with Crippen molar-refractivity contribution in [3.8, 4) is 11.1 Å². The normalized spacial score (nSPS) is 13.2. The molecule has 0 amide bonds. The fraction of sp³-hybridized carbons (Fsp3) is 0.176. The quantitative estimate of drug-likeness (QED) is 0.799. The maximum atomic E-state index is 4.14. The van der Waals surface area contributed by atoms with E-state index in [-0.39, 0.29) is 6.04 Å². The molecule has 1 N–H and O–H groups in total. The average Bonchev–Trinajstić information content (AvgIpc) is 3.07. The first kappa shape index (κ1) is 12.3. The van der Waals surface area contributed by atoms with Crippen LogP contribution in [0.1, 0.15) is 23.0 Å². The van der Waals surface area contributed by atoms with Crippen molar-refractivity contribution in [1.29, 1.82) is 0 Å². The number of hydrogen-bond acceptors (Lipinski definition) is 3. The highest BCUT2D eigenvalue weighted by atomic mass is 15.3. The molecule has 0 bridgehead atoms. The zero-order chi connectivity index (χ0) is 14.2. The lowest BCUT2D eigenvalue weighted by atomic mass is 10.1. The second-order valence-corrected chi connectivity index (χ2v) is 5.35. The van der Waals surface area contributed by atoms with E-state index < -0.39 is 0 Å². The molecule has 4 rings (SSSR count). The van der Waals surface area contributed by atoms with Crippen LogP contribution in [0.3, 0.4) is 0 Å². The lowest BCUT2D eigenvalue weighted by molar-refractivity contribution is 0.581. The second kappa shape index (κ2) is 4.82. The van der Waals surface area contributed by atoms with Crippen molar-refractivity contribution in [3.63, 3.8) is 0 Å². The number of nitrogens with one attached hydrogen (secondary N) is 1. The Balaban J connectivity index is 1.70. The van der Waals surface area contributed by atoms with E-state index in [0.29, 0.717) is 6.54 Å². The number of rotatable bonds is 3. The molecule has 4 heteroatoms. The molecule has 0 saturated heterocycles. The fourth-order valence-corrected chi connectivity index (χ4v) is 3.04. The van der Waals surface area contributed by atoms with E-state index in [1.54, 1.807) is 6.33 Å². The lowest BCUT2D eigenvalue weighted by Gasteiger charge is -2.15. The summed E-state index contributed by atoms with van der Waals surface area (Å²) in [5.74, 6) is 0.942. The lowest BCUT2D eigenvalue weighted by Crippen LogP contribution is -2.21. The van der Waals surface area contributed by atoms with Crippen LogP contribution in [0.2, 0.25) is 0 Å². The minimum Gasteiger partial charge on any atom is -0.320 e. The van der Waals surface area contributed by atoms with E-state index in [2.05, 4.69) is 64.0 Å². The molecule has 2 aromatic carbocycles. The number of aryl methyl sites for hydroxylation is 1. The predicted octanol–water partition coefficient (Wildman–Crippen LogP) is 2.67. The van der Waals surface area contributed by atoms with Crippen LogP contribution < -0.4 is 5.32 Å². The van der Waals surface area contributed by atoms with E-state index in [0.717, 1.165) is 5.82 Å². The van der Waals surface area contributed by atoms with Gasteiger partial charge in [0.05, 0.1) is 12.6 Å². The van der Waals surface area contributed by atoms with E-state index in [4.69, 9.17) is 0 Å². The SMILES string of the molecule is Cn1cnnc1CNC1c2ccccc2-c2ccccc21. The van der Waals surface area contributed by atoms with Crippen LogP contribution in [0.15, 0.2) is 54.9 Å². The topological polar surface area (TPSA) is 42.7 Å². The van der Waals surface area contributed by atoms with Crippen LogP contribution in [0.25, 0.3) is 11.1 Å². The minimum absolute atomic E-state index is 0.217. The van der Waals surface area contributed by atoms with E-state index >= 15 is 0 Å². The molecule has 1 heterocycles. The van der Waals surface area contributed by atoms with Gasteiger partial charge < -0.3 is 4.57 Å². The highest BCUT2D eigenvalue weighted by molar-refractivity contribution is 5.78. The van der Waals surface area contributed by atoms with Crippen molar-refractivity contribution in [2.45, 2.75) is 12.6 Å². The van der Waals surface area contributed by atoms with Gasteiger partial charge in [-0.2, -0.15) is 0 Å². The zero-order valence-corrected chi connectivity index (χ0v) is 11.8. The van der Waals surface area contributed by atoms with Gasteiger partial charge in [-0.15, -0.1) is 10.2 Å². The van der Waals surface area contributed by atoms with Crippen LogP contribution in [-0.4, -0.2) is 14.8 Å². The van der Waals surface area contributed by atoms with Crippen molar-refractivity contribution in [1.82, 2.24) is 20.1 Å². The Morgan fingerprint density at radius 3 is 2.19 bits per heavy atom. The molecule has 3 aromatic rings. The third-order valence-corrected chi connectivity index (χ3v) is 4.10. The van der Waals surface area contributed by atoms with Crippen molar-refractivity contribution in [3.05, 3.63) is 71.8 Å². The van der Waals surface area contributed by atoms with Crippen molar-refractivity contribution in [2.75, 3.05) is 0 Å². The maximum absolute atomic E-state index is 4.14. The molecule has 0 aliphatic heterocycles. The van der Waals surface area contributed by atoms with Crippen molar-refractivity contribution >= 4 is 0 Å². The van der Waals surface area contributed by atoms with E-state index in [1.165, 1.54) is 22.3 Å². The molecule has 0 radical (unpaired) electrons. The van der Waals surface area contributed by atoms with Crippen LogP contribution in [0.5, 0.6) is 0 Å². The first-order valence-electron chi connectivity index (χ1n) is 7.09. The van der Waals surface area contributed by atoms with Crippen LogP contribution in [0, 0.1) is 0 Å². The summed E-state index contributed by atoms with van der Waals surface area (Å²) in [7, 11) is 1.97. The van der Waals surface area contributed by atoms with Gasteiger partial charge in [0.15, 0.2) is 0 Å². The number of nitrogens with zero attached hydrogens (tertiary/aromatic N) is 3. The Morgan fingerprint density at radius 2 is 1.62 bits per heavy atom. The standard InChI is InChI=1S/C17H16N4/c1-21-11-19-20-16(21)10-18-17-14-8-4-2-6-12(14)13-7-3-5-9-15(13)17/h2-9,11,17-18H,10H2,1H3. The first-order chi connectivity index (χ1) is 10.3. The Kier molecular flexibility index (Phi) is 2.82. The fourth-order valence-electron chi connectivity index (χ4n) is 3.04. The average molecular weight is 276 g/mol. The number of hydrogen-bond donors (Lipinski definition) is 1. The third kappa shape index (κ3) is 1.96. The van der Waals surface area contributed by atoms with Crippen LogP contribution >= 0.6 is 0 Å². The van der Waals surface area contributed by atoms with Gasteiger partial charge in [-0.25, -0.2) is 0 Å². The second-order valence-electron chi connectivity index (χ2n) is 5.35. The molecular formula is C17H16N4. The maximum Gasteiger partial charge on any atom is 0.146 e. The molecule has 0 saturated carbocycles. The Labute approximate surface area is 123 Å². The monoisotopic (exact) mass is 276 g/mol.